The highest BCUT2D eigenvalue weighted by Gasteiger charge is 2.23. The number of rotatable bonds is 5. The van der Waals surface area contributed by atoms with E-state index in [-0.39, 0.29) is 6.04 Å². The number of carbonyl (C=O) groups is 1. The van der Waals surface area contributed by atoms with E-state index in [1.165, 1.54) is 5.56 Å². The minimum Gasteiger partial charge on any atom is -0.377 e. The normalized spacial score (nSPS) is 21.4. The molecule has 1 aromatic carbocycles. The van der Waals surface area contributed by atoms with Gasteiger partial charge in [0.05, 0.1) is 6.10 Å². The minimum absolute atomic E-state index is 0.233. The standard InChI is InChI=1S/C15H23N3O2/c1-10(17-11(2)14-4-3-9-20-14)12-5-7-13(8-6-12)18-15(16)19/h5-8,10-11,14,17H,3-4,9H2,1-2H3,(H3,16,18,19). The van der Waals surface area contributed by atoms with Crippen molar-refractivity contribution < 1.29 is 9.53 Å². The molecule has 3 unspecified atom stereocenters. The Morgan fingerprint density at radius 1 is 1.35 bits per heavy atom. The van der Waals surface area contributed by atoms with Gasteiger partial charge in [0, 0.05) is 24.4 Å². The molecule has 0 saturated carbocycles. The zero-order valence-corrected chi connectivity index (χ0v) is 12.1. The van der Waals surface area contributed by atoms with Gasteiger partial charge in [-0.2, -0.15) is 0 Å². The average molecular weight is 277 g/mol. The number of nitrogens with two attached hydrogens (primary N) is 1. The average Bonchev–Trinajstić information content (AvgIpc) is 2.92. The third-order valence-corrected chi connectivity index (χ3v) is 3.71. The van der Waals surface area contributed by atoms with Crippen LogP contribution < -0.4 is 16.4 Å². The number of hydrogen-bond acceptors (Lipinski definition) is 3. The molecule has 2 rings (SSSR count). The van der Waals surface area contributed by atoms with Crippen molar-refractivity contribution in [1.82, 2.24) is 5.32 Å². The maximum Gasteiger partial charge on any atom is 0.316 e. The predicted octanol–water partition coefficient (Wildman–Crippen LogP) is 2.40. The molecule has 1 aromatic rings. The van der Waals surface area contributed by atoms with E-state index in [0.29, 0.717) is 17.8 Å². The zero-order valence-electron chi connectivity index (χ0n) is 12.1. The Morgan fingerprint density at radius 3 is 2.60 bits per heavy atom. The molecule has 1 heterocycles. The quantitative estimate of drug-likeness (QED) is 0.773. The number of amides is 2. The Kier molecular flexibility index (Phi) is 4.98. The Labute approximate surface area is 119 Å². The number of urea groups is 1. The second-order valence-corrected chi connectivity index (χ2v) is 5.34. The molecule has 1 saturated heterocycles. The van der Waals surface area contributed by atoms with E-state index >= 15 is 0 Å². The predicted molar refractivity (Wildman–Crippen MR) is 79.6 cm³/mol. The van der Waals surface area contributed by atoms with Gasteiger partial charge >= 0.3 is 6.03 Å². The molecule has 0 spiro atoms. The third-order valence-electron chi connectivity index (χ3n) is 3.71. The molecule has 1 fully saturated rings. The van der Waals surface area contributed by atoms with Crippen molar-refractivity contribution >= 4 is 11.7 Å². The first-order valence-corrected chi connectivity index (χ1v) is 7.10. The highest BCUT2D eigenvalue weighted by molar-refractivity contribution is 5.87. The highest BCUT2D eigenvalue weighted by atomic mass is 16.5. The van der Waals surface area contributed by atoms with E-state index in [0.717, 1.165) is 19.4 Å². The molecule has 0 aromatic heterocycles. The molecule has 20 heavy (non-hydrogen) atoms. The third kappa shape index (κ3) is 3.95. The minimum atomic E-state index is -0.545. The van der Waals surface area contributed by atoms with Gasteiger partial charge in [0.15, 0.2) is 0 Å². The van der Waals surface area contributed by atoms with E-state index in [4.69, 9.17) is 10.5 Å². The summed E-state index contributed by atoms with van der Waals surface area (Å²) in [5.74, 6) is 0. The van der Waals surface area contributed by atoms with E-state index in [1.807, 2.05) is 24.3 Å². The number of ether oxygens (including phenoxy) is 1. The lowest BCUT2D eigenvalue weighted by molar-refractivity contribution is 0.0804. The molecular formula is C15H23N3O2. The van der Waals surface area contributed by atoms with Crippen LogP contribution in [0.1, 0.15) is 38.3 Å². The van der Waals surface area contributed by atoms with E-state index in [1.54, 1.807) is 0 Å². The first-order chi connectivity index (χ1) is 9.56. The maximum atomic E-state index is 10.8. The fraction of sp³-hybridized carbons (Fsp3) is 0.533. The first-order valence-electron chi connectivity index (χ1n) is 7.10. The number of benzene rings is 1. The van der Waals surface area contributed by atoms with Gasteiger partial charge in [0.1, 0.15) is 0 Å². The number of anilines is 1. The van der Waals surface area contributed by atoms with Gasteiger partial charge < -0.3 is 21.1 Å². The molecule has 0 radical (unpaired) electrons. The number of carbonyl (C=O) groups excluding carboxylic acids is 1. The summed E-state index contributed by atoms with van der Waals surface area (Å²) >= 11 is 0. The van der Waals surface area contributed by atoms with Crippen molar-refractivity contribution in [3.8, 4) is 0 Å². The number of hydrogen-bond donors (Lipinski definition) is 3. The van der Waals surface area contributed by atoms with Gasteiger partial charge in [0.2, 0.25) is 0 Å². The lowest BCUT2D eigenvalue weighted by Crippen LogP contribution is -2.38. The Balaban J connectivity index is 1.91. The molecule has 1 aliphatic rings. The topological polar surface area (TPSA) is 76.4 Å². The molecule has 4 N–H and O–H groups in total. The van der Waals surface area contributed by atoms with Crippen molar-refractivity contribution in [3.63, 3.8) is 0 Å². The van der Waals surface area contributed by atoms with Crippen molar-refractivity contribution in [2.24, 2.45) is 5.73 Å². The summed E-state index contributed by atoms with van der Waals surface area (Å²) < 4.78 is 5.69. The van der Waals surface area contributed by atoms with Crippen molar-refractivity contribution in [2.75, 3.05) is 11.9 Å². The molecule has 5 nitrogen and oxygen atoms in total. The van der Waals surface area contributed by atoms with Crippen molar-refractivity contribution in [3.05, 3.63) is 29.8 Å². The summed E-state index contributed by atoms with van der Waals surface area (Å²) in [5.41, 5.74) is 6.96. The molecule has 2 amide bonds. The summed E-state index contributed by atoms with van der Waals surface area (Å²) in [6.45, 7) is 5.16. The van der Waals surface area contributed by atoms with Crippen LogP contribution in [0.25, 0.3) is 0 Å². The van der Waals surface area contributed by atoms with Crippen LogP contribution in [-0.4, -0.2) is 24.8 Å². The molecule has 0 bridgehead atoms. The lowest BCUT2D eigenvalue weighted by Gasteiger charge is -2.24. The Hall–Kier alpha value is -1.59. The van der Waals surface area contributed by atoms with Gasteiger partial charge in [-0.05, 0) is 44.4 Å². The van der Waals surface area contributed by atoms with Crippen molar-refractivity contribution in [2.45, 2.75) is 44.9 Å². The highest BCUT2D eigenvalue weighted by Crippen LogP contribution is 2.20. The van der Waals surface area contributed by atoms with Crippen LogP contribution in [-0.2, 0) is 4.74 Å². The van der Waals surface area contributed by atoms with Crippen LogP contribution in [0.5, 0.6) is 0 Å². The van der Waals surface area contributed by atoms with E-state index < -0.39 is 6.03 Å². The SMILES string of the molecule is CC(NC(C)C1CCCO1)c1ccc(NC(N)=O)cc1. The van der Waals surface area contributed by atoms with Crippen LogP contribution in [0.3, 0.4) is 0 Å². The second kappa shape index (κ2) is 6.72. The summed E-state index contributed by atoms with van der Waals surface area (Å²) in [6.07, 6.45) is 2.59. The maximum absolute atomic E-state index is 10.8. The molecule has 3 atom stereocenters. The first kappa shape index (κ1) is 14.8. The van der Waals surface area contributed by atoms with Crippen LogP contribution in [0, 0.1) is 0 Å². The molecule has 110 valence electrons. The number of primary amides is 1. The zero-order chi connectivity index (χ0) is 14.5. The molecule has 5 heteroatoms. The van der Waals surface area contributed by atoms with Crippen LogP contribution in [0.15, 0.2) is 24.3 Å². The van der Waals surface area contributed by atoms with Gasteiger partial charge in [-0.15, -0.1) is 0 Å². The van der Waals surface area contributed by atoms with Crippen molar-refractivity contribution in [1.29, 1.82) is 0 Å². The van der Waals surface area contributed by atoms with E-state index in [9.17, 15) is 4.79 Å². The summed E-state index contributed by atoms with van der Waals surface area (Å²) in [7, 11) is 0. The Morgan fingerprint density at radius 2 is 2.05 bits per heavy atom. The van der Waals surface area contributed by atoms with Gasteiger partial charge in [-0.1, -0.05) is 12.1 Å². The molecular weight excluding hydrogens is 254 g/mol. The van der Waals surface area contributed by atoms with Gasteiger partial charge in [-0.25, -0.2) is 4.79 Å². The molecule has 1 aliphatic heterocycles. The number of nitrogens with one attached hydrogen (secondary N) is 2. The fourth-order valence-electron chi connectivity index (χ4n) is 2.59. The second-order valence-electron chi connectivity index (χ2n) is 5.34. The largest absolute Gasteiger partial charge is 0.377 e. The van der Waals surface area contributed by atoms with Crippen LogP contribution in [0.4, 0.5) is 10.5 Å². The van der Waals surface area contributed by atoms with Gasteiger partial charge in [0.25, 0.3) is 0 Å². The summed E-state index contributed by atoms with van der Waals surface area (Å²) in [6, 6.07) is 7.71. The van der Waals surface area contributed by atoms with E-state index in [2.05, 4.69) is 24.5 Å². The van der Waals surface area contributed by atoms with Crippen LogP contribution in [0.2, 0.25) is 0 Å². The monoisotopic (exact) mass is 277 g/mol. The lowest BCUT2D eigenvalue weighted by atomic mass is 10.0. The van der Waals surface area contributed by atoms with Gasteiger partial charge in [-0.3, -0.25) is 0 Å². The smallest absolute Gasteiger partial charge is 0.316 e. The fourth-order valence-corrected chi connectivity index (χ4v) is 2.59. The Bertz CT molecular complexity index is 441. The summed E-state index contributed by atoms with van der Waals surface area (Å²) in [4.78, 5) is 10.8. The van der Waals surface area contributed by atoms with Crippen LogP contribution >= 0.6 is 0 Å². The molecule has 0 aliphatic carbocycles. The summed E-state index contributed by atoms with van der Waals surface area (Å²) in [5, 5.41) is 6.12.